The maximum atomic E-state index is 12.1. The van der Waals surface area contributed by atoms with Gasteiger partial charge in [-0.25, -0.2) is 4.79 Å². The van der Waals surface area contributed by atoms with Gasteiger partial charge in [-0.05, 0) is 29.9 Å². The molecule has 0 fully saturated rings. The molecular formula is C18H30N2O2. The van der Waals surface area contributed by atoms with Crippen LogP contribution in [0.1, 0.15) is 53.5 Å². The molecule has 0 saturated carbocycles. The summed E-state index contributed by atoms with van der Waals surface area (Å²) in [4.78, 5) is 12.1. The van der Waals surface area contributed by atoms with E-state index in [0.717, 1.165) is 17.7 Å². The quantitative estimate of drug-likeness (QED) is 0.772. The molecule has 1 aromatic carbocycles. The first-order valence-corrected chi connectivity index (χ1v) is 7.94. The number of carbonyl (C=O) groups excluding carboxylic acids is 1. The van der Waals surface area contributed by atoms with Gasteiger partial charge in [0.25, 0.3) is 0 Å². The number of para-hydroxylation sites is 1. The van der Waals surface area contributed by atoms with Crippen molar-refractivity contribution in [2.24, 2.45) is 5.92 Å². The summed E-state index contributed by atoms with van der Waals surface area (Å²) in [6.45, 7) is 12.3. The normalized spacial score (nSPS) is 15.8. The van der Waals surface area contributed by atoms with E-state index in [1.807, 2.05) is 38.1 Å². The molecule has 0 radical (unpaired) electrons. The fourth-order valence-corrected chi connectivity index (χ4v) is 2.29. The number of hydrogen-bond acceptors (Lipinski definition) is 2. The molecule has 0 aliphatic carbocycles. The van der Waals surface area contributed by atoms with Crippen molar-refractivity contribution in [3.05, 3.63) is 29.8 Å². The van der Waals surface area contributed by atoms with E-state index in [9.17, 15) is 9.90 Å². The predicted molar refractivity (Wildman–Crippen MR) is 92.2 cm³/mol. The summed E-state index contributed by atoms with van der Waals surface area (Å²) < 4.78 is 0. The fraction of sp³-hybridized carbons (Fsp3) is 0.611. The average molecular weight is 306 g/mol. The van der Waals surface area contributed by atoms with Crippen molar-refractivity contribution in [2.45, 2.75) is 59.0 Å². The third kappa shape index (κ3) is 5.02. The summed E-state index contributed by atoms with van der Waals surface area (Å²) in [6, 6.07) is 7.50. The molecular weight excluding hydrogens is 276 g/mol. The summed E-state index contributed by atoms with van der Waals surface area (Å²) in [5.41, 5.74) is 0.927. The van der Waals surface area contributed by atoms with Crippen LogP contribution >= 0.6 is 0 Å². The Morgan fingerprint density at radius 3 is 2.36 bits per heavy atom. The van der Waals surface area contributed by atoms with E-state index < -0.39 is 5.60 Å². The molecule has 0 spiro atoms. The molecule has 2 amide bonds. The second-order valence-corrected chi connectivity index (χ2v) is 7.27. The number of carbonyl (C=O) groups is 1. The highest BCUT2D eigenvalue weighted by atomic mass is 16.3. The molecule has 0 aliphatic rings. The smallest absolute Gasteiger partial charge is 0.319 e. The molecule has 0 aliphatic heterocycles. The van der Waals surface area contributed by atoms with Crippen molar-refractivity contribution < 1.29 is 9.90 Å². The zero-order chi connectivity index (χ0) is 17.0. The van der Waals surface area contributed by atoms with E-state index >= 15 is 0 Å². The molecule has 1 aromatic rings. The van der Waals surface area contributed by atoms with Crippen molar-refractivity contribution in [2.75, 3.05) is 11.9 Å². The molecule has 1 rings (SSSR count). The number of anilines is 1. The zero-order valence-corrected chi connectivity index (χ0v) is 14.7. The minimum Gasteiger partial charge on any atom is -0.388 e. The number of amides is 2. The monoisotopic (exact) mass is 306 g/mol. The van der Waals surface area contributed by atoms with Gasteiger partial charge in [-0.15, -0.1) is 0 Å². The summed E-state index contributed by atoms with van der Waals surface area (Å²) >= 11 is 0. The van der Waals surface area contributed by atoms with Crippen molar-refractivity contribution in [3.8, 4) is 0 Å². The van der Waals surface area contributed by atoms with E-state index in [0.29, 0.717) is 0 Å². The summed E-state index contributed by atoms with van der Waals surface area (Å²) in [5, 5.41) is 16.0. The molecule has 22 heavy (non-hydrogen) atoms. The molecule has 0 aromatic heterocycles. The Labute approximate surface area is 134 Å². The first kappa shape index (κ1) is 18.5. The van der Waals surface area contributed by atoms with Gasteiger partial charge in [0.05, 0.1) is 5.60 Å². The van der Waals surface area contributed by atoms with Gasteiger partial charge in [0.1, 0.15) is 0 Å². The molecule has 0 bridgehead atoms. The van der Waals surface area contributed by atoms with Gasteiger partial charge < -0.3 is 15.7 Å². The third-order valence-corrected chi connectivity index (χ3v) is 4.26. The Morgan fingerprint density at radius 1 is 1.23 bits per heavy atom. The van der Waals surface area contributed by atoms with Crippen molar-refractivity contribution >= 4 is 11.7 Å². The van der Waals surface area contributed by atoms with Crippen LogP contribution < -0.4 is 10.6 Å². The summed E-state index contributed by atoms with van der Waals surface area (Å²) in [5.74, 6) is 0.120. The number of nitrogens with one attached hydrogen (secondary N) is 2. The van der Waals surface area contributed by atoms with Crippen LogP contribution in [-0.4, -0.2) is 23.3 Å². The van der Waals surface area contributed by atoms with Crippen LogP contribution in [0.4, 0.5) is 10.5 Å². The van der Waals surface area contributed by atoms with Gasteiger partial charge in [0.15, 0.2) is 0 Å². The van der Waals surface area contributed by atoms with E-state index in [2.05, 4.69) is 31.4 Å². The van der Waals surface area contributed by atoms with Crippen LogP contribution in [0.5, 0.6) is 0 Å². The molecule has 4 heteroatoms. The lowest BCUT2D eigenvalue weighted by atomic mass is 9.86. The molecule has 2 atom stereocenters. The highest BCUT2D eigenvalue weighted by Crippen LogP contribution is 2.29. The Balaban J connectivity index is 2.71. The van der Waals surface area contributed by atoms with Gasteiger partial charge in [-0.1, -0.05) is 59.2 Å². The van der Waals surface area contributed by atoms with Gasteiger partial charge in [0, 0.05) is 12.2 Å². The molecule has 2 unspecified atom stereocenters. The molecule has 3 N–H and O–H groups in total. The lowest BCUT2D eigenvalue weighted by Gasteiger charge is -2.30. The van der Waals surface area contributed by atoms with Gasteiger partial charge >= 0.3 is 6.03 Å². The predicted octanol–water partition coefficient (Wildman–Crippen LogP) is 3.90. The number of hydrogen-bond donors (Lipinski definition) is 3. The lowest BCUT2D eigenvalue weighted by Crippen LogP contribution is -2.46. The Bertz CT molecular complexity index is 504. The van der Waals surface area contributed by atoms with Crippen LogP contribution in [0.15, 0.2) is 24.3 Å². The molecule has 124 valence electrons. The number of benzene rings is 1. The SMILES string of the molecule is CCC(C)C(C)(O)CNC(=O)Nc1ccccc1C(C)(C)C. The van der Waals surface area contributed by atoms with Crippen molar-refractivity contribution in [1.29, 1.82) is 0 Å². The van der Waals surface area contributed by atoms with Gasteiger partial charge in [-0.3, -0.25) is 0 Å². The first-order valence-electron chi connectivity index (χ1n) is 7.94. The van der Waals surface area contributed by atoms with Crippen LogP contribution in [-0.2, 0) is 5.41 Å². The molecule has 0 heterocycles. The Kier molecular flexibility index (Phi) is 6.00. The first-order chi connectivity index (χ1) is 10.1. The Hall–Kier alpha value is -1.55. The second-order valence-electron chi connectivity index (χ2n) is 7.27. The highest BCUT2D eigenvalue weighted by molar-refractivity contribution is 5.90. The van der Waals surface area contributed by atoms with Crippen molar-refractivity contribution in [1.82, 2.24) is 5.32 Å². The highest BCUT2D eigenvalue weighted by Gasteiger charge is 2.27. The number of rotatable bonds is 5. The maximum absolute atomic E-state index is 12.1. The maximum Gasteiger partial charge on any atom is 0.319 e. The van der Waals surface area contributed by atoms with Crippen LogP contribution in [0.3, 0.4) is 0 Å². The third-order valence-electron chi connectivity index (χ3n) is 4.26. The Morgan fingerprint density at radius 2 is 1.82 bits per heavy atom. The largest absolute Gasteiger partial charge is 0.388 e. The van der Waals surface area contributed by atoms with E-state index in [1.165, 1.54) is 0 Å². The summed E-state index contributed by atoms with van der Waals surface area (Å²) in [6.07, 6.45) is 0.864. The van der Waals surface area contributed by atoms with E-state index in [4.69, 9.17) is 0 Å². The minimum absolute atomic E-state index is 0.0495. The van der Waals surface area contributed by atoms with E-state index in [-0.39, 0.29) is 23.9 Å². The summed E-state index contributed by atoms with van der Waals surface area (Å²) in [7, 11) is 0. The van der Waals surface area contributed by atoms with Crippen LogP contribution in [0.25, 0.3) is 0 Å². The zero-order valence-electron chi connectivity index (χ0n) is 14.7. The van der Waals surface area contributed by atoms with Gasteiger partial charge in [0.2, 0.25) is 0 Å². The van der Waals surface area contributed by atoms with Gasteiger partial charge in [-0.2, -0.15) is 0 Å². The minimum atomic E-state index is -0.907. The number of aliphatic hydroxyl groups is 1. The standard InChI is InChI=1S/C18H30N2O2/c1-7-13(2)18(6,22)12-19-16(21)20-15-11-9-8-10-14(15)17(3,4)5/h8-11,13,22H,7,12H2,1-6H3,(H2,19,20,21). The average Bonchev–Trinajstić information content (AvgIpc) is 2.43. The fourth-order valence-electron chi connectivity index (χ4n) is 2.29. The molecule has 4 nitrogen and oxygen atoms in total. The lowest BCUT2D eigenvalue weighted by molar-refractivity contribution is 0.00827. The van der Waals surface area contributed by atoms with E-state index in [1.54, 1.807) is 6.92 Å². The van der Waals surface area contributed by atoms with Crippen molar-refractivity contribution in [3.63, 3.8) is 0 Å². The van der Waals surface area contributed by atoms with Crippen LogP contribution in [0, 0.1) is 5.92 Å². The second kappa shape index (κ2) is 7.14. The van der Waals surface area contributed by atoms with Crippen LogP contribution in [0.2, 0.25) is 0 Å². The number of urea groups is 1. The topological polar surface area (TPSA) is 61.4 Å². The molecule has 0 saturated heterocycles.